The third kappa shape index (κ3) is 2.82. The Hall–Kier alpha value is -3.62. The number of nitrogens with zero attached hydrogens (tertiary/aromatic N) is 4. The molecule has 0 N–H and O–H groups in total. The summed E-state index contributed by atoms with van der Waals surface area (Å²) in [7, 11) is 0. The van der Waals surface area contributed by atoms with Crippen molar-refractivity contribution in [2.24, 2.45) is 0 Å². The van der Waals surface area contributed by atoms with Gasteiger partial charge in [0.1, 0.15) is 0 Å². The first-order chi connectivity index (χ1) is 11.5. The van der Waals surface area contributed by atoms with Gasteiger partial charge in [0.25, 0.3) is 16.9 Å². The normalized spacial score (nSPS) is 10.7. The molecule has 0 bridgehead atoms. The summed E-state index contributed by atoms with van der Waals surface area (Å²) in [6.45, 7) is 0.0755. The lowest BCUT2D eigenvalue weighted by molar-refractivity contribution is -0.385. The number of fused-ring (bicyclic) bond motifs is 1. The SMILES string of the molecule is O=c1c2cc([N+](=O)[O-])ccc2ncn1Cc1cccc([N+](=O)[O-])c1. The lowest BCUT2D eigenvalue weighted by Gasteiger charge is -2.06. The molecule has 0 spiro atoms. The van der Waals surface area contributed by atoms with Crippen molar-refractivity contribution in [2.45, 2.75) is 6.54 Å². The van der Waals surface area contributed by atoms with Gasteiger partial charge in [-0.2, -0.15) is 0 Å². The molecule has 9 nitrogen and oxygen atoms in total. The number of nitro benzene ring substituents is 2. The highest BCUT2D eigenvalue weighted by Crippen LogP contribution is 2.17. The molecule has 3 aromatic rings. The topological polar surface area (TPSA) is 121 Å². The van der Waals surface area contributed by atoms with E-state index >= 15 is 0 Å². The van der Waals surface area contributed by atoms with Crippen LogP contribution in [-0.2, 0) is 6.54 Å². The molecule has 0 aliphatic rings. The summed E-state index contributed by atoms with van der Waals surface area (Å²) in [6, 6.07) is 9.76. The Kier molecular flexibility index (Phi) is 3.74. The maximum Gasteiger partial charge on any atom is 0.270 e. The first-order valence-corrected chi connectivity index (χ1v) is 6.82. The van der Waals surface area contributed by atoms with Crippen molar-refractivity contribution in [1.82, 2.24) is 9.55 Å². The molecule has 0 aliphatic carbocycles. The monoisotopic (exact) mass is 326 g/mol. The smallest absolute Gasteiger partial charge is 0.270 e. The van der Waals surface area contributed by atoms with Gasteiger partial charge in [-0.3, -0.25) is 29.6 Å². The fourth-order valence-electron chi connectivity index (χ4n) is 2.34. The minimum atomic E-state index is -0.587. The molecule has 0 aliphatic heterocycles. The van der Waals surface area contributed by atoms with E-state index in [1.54, 1.807) is 6.07 Å². The van der Waals surface area contributed by atoms with Crippen molar-refractivity contribution in [3.8, 4) is 0 Å². The van der Waals surface area contributed by atoms with E-state index < -0.39 is 15.4 Å². The number of benzene rings is 2. The van der Waals surface area contributed by atoms with Gasteiger partial charge in [0.15, 0.2) is 0 Å². The molecule has 0 saturated heterocycles. The van der Waals surface area contributed by atoms with Crippen LogP contribution >= 0.6 is 0 Å². The van der Waals surface area contributed by atoms with Crippen molar-refractivity contribution in [2.75, 3.05) is 0 Å². The minimum Gasteiger partial charge on any atom is -0.294 e. The second-order valence-corrected chi connectivity index (χ2v) is 5.06. The van der Waals surface area contributed by atoms with E-state index in [1.165, 1.54) is 47.3 Å². The predicted molar refractivity (Wildman–Crippen MR) is 84.9 cm³/mol. The number of hydrogen-bond acceptors (Lipinski definition) is 6. The van der Waals surface area contributed by atoms with Gasteiger partial charge >= 0.3 is 0 Å². The molecule has 1 aromatic heterocycles. The molecular weight excluding hydrogens is 316 g/mol. The quantitative estimate of drug-likeness (QED) is 0.535. The van der Waals surface area contributed by atoms with Crippen LogP contribution in [0.5, 0.6) is 0 Å². The molecule has 0 radical (unpaired) electrons. The highest BCUT2D eigenvalue weighted by Gasteiger charge is 2.12. The van der Waals surface area contributed by atoms with Crippen LogP contribution in [0.3, 0.4) is 0 Å². The standard InChI is InChI=1S/C15H10N4O5/c20-15-13-7-12(19(23)24)4-5-14(13)16-9-17(15)8-10-2-1-3-11(6-10)18(21)22/h1-7,9H,8H2. The summed E-state index contributed by atoms with van der Waals surface area (Å²) in [5.74, 6) is 0. The van der Waals surface area contributed by atoms with E-state index in [9.17, 15) is 25.0 Å². The van der Waals surface area contributed by atoms with Crippen molar-refractivity contribution in [3.63, 3.8) is 0 Å². The highest BCUT2D eigenvalue weighted by atomic mass is 16.6. The zero-order valence-electron chi connectivity index (χ0n) is 12.2. The van der Waals surface area contributed by atoms with Gasteiger partial charge in [-0.15, -0.1) is 0 Å². The number of non-ortho nitro benzene ring substituents is 2. The Balaban J connectivity index is 2.05. The van der Waals surface area contributed by atoms with E-state index in [0.29, 0.717) is 11.1 Å². The highest BCUT2D eigenvalue weighted by molar-refractivity contribution is 5.79. The van der Waals surface area contributed by atoms with Gasteiger partial charge in [0, 0.05) is 24.3 Å². The summed E-state index contributed by atoms with van der Waals surface area (Å²) in [5.41, 5.74) is 0.174. The van der Waals surface area contributed by atoms with Gasteiger partial charge in [0.05, 0.1) is 33.6 Å². The van der Waals surface area contributed by atoms with E-state index in [1.807, 2.05) is 0 Å². The lowest BCUT2D eigenvalue weighted by atomic mass is 10.2. The summed E-state index contributed by atoms with van der Waals surface area (Å²) in [5, 5.41) is 21.8. The Morgan fingerprint density at radius 2 is 1.71 bits per heavy atom. The van der Waals surface area contributed by atoms with Crippen molar-refractivity contribution in [3.05, 3.63) is 84.9 Å². The largest absolute Gasteiger partial charge is 0.294 e. The van der Waals surface area contributed by atoms with Crippen LogP contribution < -0.4 is 5.56 Å². The lowest BCUT2D eigenvalue weighted by Crippen LogP contribution is -2.21. The maximum absolute atomic E-state index is 12.5. The average Bonchev–Trinajstić information content (AvgIpc) is 2.57. The third-order valence-corrected chi connectivity index (χ3v) is 3.49. The maximum atomic E-state index is 12.5. The summed E-state index contributed by atoms with van der Waals surface area (Å²) in [4.78, 5) is 37.1. The minimum absolute atomic E-state index is 0.0755. The molecule has 2 aromatic carbocycles. The van der Waals surface area contributed by atoms with Gasteiger partial charge in [-0.05, 0) is 11.6 Å². The zero-order chi connectivity index (χ0) is 17.3. The Labute approximate surface area is 134 Å². The van der Waals surface area contributed by atoms with E-state index in [2.05, 4.69) is 4.98 Å². The molecular formula is C15H10N4O5. The van der Waals surface area contributed by atoms with E-state index in [0.717, 1.165) is 0 Å². The van der Waals surface area contributed by atoms with Crippen molar-refractivity contribution < 1.29 is 9.85 Å². The van der Waals surface area contributed by atoms with E-state index in [4.69, 9.17) is 0 Å². The second kappa shape index (κ2) is 5.88. The Morgan fingerprint density at radius 3 is 2.42 bits per heavy atom. The first-order valence-electron chi connectivity index (χ1n) is 6.82. The molecule has 0 unspecified atom stereocenters. The molecule has 0 atom stereocenters. The number of nitro groups is 2. The Bertz CT molecular complexity index is 1030. The van der Waals surface area contributed by atoms with Gasteiger partial charge in [-0.25, -0.2) is 4.98 Å². The molecule has 0 amide bonds. The summed E-state index contributed by atoms with van der Waals surface area (Å²) in [6.07, 6.45) is 1.31. The van der Waals surface area contributed by atoms with Crippen molar-refractivity contribution >= 4 is 22.3 Å². The van der Waals surface area contributed by atoms with Crippen LogP contribution in [-0.4, -0.2) is 19.4 Å². The predicted octanol–water partition coefficient (Wildman–Crippen LogP) is 2.26. The summed E-state index contributed by atoms with van der Waals surface area (Å²) < 4.78 is 1.26. The van der Waals surface area contributed by atoms with E-state index in [-0.39, 0.29) is 23.3 Å². The van der Waals surface area contributed by atoms with Gasteiger partial charge < -0.3 is 0 Å². The number of aromatic nitrogens is 2. The Morgan fingerprint density at radius 1 is 1.00 bits per heavy atom. The van der Waals surface area contributed by atoms with Crippen LogP contribution in [0.1, 0.15) is 5.56 Å². The third-order valence-electron chi connectivity index (χ3n) is 3.49. The fourth-order valence-corrected chi connectivity index (χ4v) is 2.34. The summed E-state index contributed by atoms with van der Waals surface area (Å²) >= 11 is 0. The zero-order valence-corrected chi connectivity index (χ0v) is 12.2. The molecule has 1 heterocycles. The van der Waals surface area contributed by atoms with Crippen LogP contribution in [0.2, 0.25) is 0 Å². The van der Waals surface area contributed by atoms with Crippen molar-refractivity contribution in [1.29, 1.82) is 0 Å². The molecule has 24 heavy (non-hydrogen) atoms. The van der Waals surface area contributed by atoms with Gasteiger partial charge in [0.2, 0.25) is 0 Å². The van der Waals surface area contributed by atoms with Crippen LogP contribution in [0.15, 0.2) is 53.6 Å². The first kappa shape index (κ1) is 15.3. The second-order valence-electron chi connectivity index (χ2n) is 5.06. The van der Waals surface area contributed by atoms with Gasteiger partial charge in [-0.1, -0.05) is 12.1 Å². The average molecular weight is 326 g/mol. The van der Waals surface area contributed by atoms with Crippen LogP contribution in [0.4, 0.5) is 11.4 Å². The number of rotatable bonds is 4. The molecule has 9 heteroatoms. The molecule has 3 rings (SSSR count). The van der Waals surface area contributed by atoms with Crippen LogP contribution in [0, 0.1) is 20.2 Å². The van der Waals surface area contributed by atoms with Crippen LogP contribution in [0.25, 0.3) is 10.9 Å². The molecule has 120 valence electrons. The fraction of sp³-hybridized carbons (Fsp3) is 0.0667. The molecule has 0 fully saturated rings. The number of hydrogen-bond donors (Lipinski definition) is 0. The molecule has 0 saturated carbocycles.